The summed E-state index contributed by atoms with van der Waals surface area (Å²) >= 11 is 4.23. The van der Waals surface area contributed by atoms with Crippen molar-refractivity contribution in [1.29, 1.82) is 0 Å². The van der Waals surface area contributed by atoms with Gasteiger partial charge in [0.25, 0.3) is 10.0 Å². The van der Waals surface area contributed by atoms with E-state index in [9.17, 15) is 13.2 Å². The molecule has 1 N–H and O–H groups in total. The van der Waals surface area contributed by atoms with E-state index in [2.05, 4.69) is 15.9 Å². The van der Waals surface area contributed by atoms with E-state index in [1.807, 2.05) is 0 Å². The highest BCUT2D eigenvalue weighted by Gasteiger charge is 2.29. The van der Waals surface area contributed by atoms with Crippen molar-refractivity contribution < 1.29 is 18.3 Å². The first-order valence-electron chi connectivity index (χ1n) is 5.35. The SMILES string of the molecule is CN(C)CCN(CC(=O)O)S(=O)(=O)c1sccc1Br. The number of halogens is 1. The molecule has 19 heavy (non-hydrogen) atoms. The van der Waals surface area contributed by atoms with Gasteiger partial charge in [-0.25, -0.2) is 8.42 Å². The lowest BCUT2D eigenvalue weighted by atomic mass is 10.5. The summed E-state index contributed by atoms with van der Waals surface area (Å²) in [5.74, 6) is -1.17. The number of sulfonamides is 1. The minimum Gasteiger partial charge on any atom is -0.480 e. The molecule has 9 heteroatoms. The first kappa shape index (κ1) is 16.6. The van der Waals surface area contributed by atoms with E-state index in [-0.39, 0.29) is 10.8 Å². The Morgan fingerprint density at radius 3 is 2.47 bits per heavy atom. The average Bonchev–Trinajstić information content (AvgIpc) is 2.70. The van der Waals surface area contributed by atoms with E-state index in [0.717, 1.165) is 15.6 Å². The molecule has 1 aromatic rings. The van der Waals surface area contributed by atoms with Crippen LogP contribution in [0.3, 0.4) is 0 Å². The second-order valence-electron chi connectivity index (χ2n) is 4.09. The van der Waals surface area contributed by atoms with E-state index in [4.69, 9.17) is 5.11 Å². The van der Waals surface area contributed by atoms with Gasteiger partial charge in [-0.05, 0) is 41.5 Å². The number of aliphatic carboxylic acids is 1. The van der Waals surface area contributed by atoms with Crippen molar-refractivity contribution in [2.45, 2.75) is 4.21 Å². The summed E-state index contributed by atoms with van der Waals surface area (Å²) in [6.45, 7) is 0.0436. The topological polar surface area (TPSA) is 77.9 Å². The number of carbonyl (C=O) groups is 1. The number of hydrogen-bond acceptors (Lipinski definition) is 5. The summed E-state index contributed by atoms with van der Waals surface area (Å²) < 4.78 is 26.3. The lowest BCUT2D eigenvalue weighted by Crippen LogP contribution is -2.39. The van der Waals surface area contributed by atoms with Crippen molar-refractivity contribution in [3.8, 4) is 0 Å². The standard InChI is InChI=1S/C10H15BrN2O4S2/c1-12(2)4-5-13(7-9(14)15)19(16,17)10-8(11)3-6-18-10/h3,6H,4-5,7H2,1-2H3,(H,14,15). The summed E-state index contributed by atoms with van der Waals surface area (Å²) in [6, 6.07) is 1.63. The first-order chi connectivity index (χ1) is 8.75. The predicted molar refractivity (Wildman–Crippen MR) is 77.0 cm³/mol. The van der Waals surface area contributed by atoms with Crippen LogP contribution in [-0.2, 0) is 14.8 Å². The van der Waals surface area contributed by atoms with Crippen LogP contribution in [-0.4, -0.2) is 62.4 Å². The van der Waals surface area contributed by atoms with Crippen LogP contribution >= 0.6 is 27.3 Å². The Labute approximate surface area is 124 Å². The third kappa shape index (κ3) is 4.53. The molecule has 1 heterocycles. The van der Waals surface area contributed by atoms with Crippen LogP contribution in [0.5, 0.6) is 0 Å². The number of thiophene rings is 1. The highest BCUT2D eigenvalue weighted by Crippen LogP contribution is 2.30. The highest BCUT2D eigenvalue weighted by atomic mass is 79.9. The molecule has 0 saturated carbocycles. The fourth-order valence-corrected chi connectivity index (χ4v) is 5.16. The van der Waals surface area contributed by atoms with E-state index in [1.165, 1.54) is 0 Å². The molecule has 0 aliphatic heterocycles. The molecule has 1 rings (SSSR count). The van der Waals surface area contributed by atoms with Gasteiger partial charge in [0, 0.05) is 17.6 Å². The van der Waals surface area contributed by atoms with Crippen molar-refractivity contribution in [3.63, 3.8) is 0 Å². The fraction of sp³-hybridized carbons (Fsp3) is 0.500. The molecule has 0 bridgehead atoms. The molecule has 0 amide bonds. The summed E-state index contributed by atoms with van der Waals surface area (Å²) in [5.41, 5.74) is 0. The molecule has 0 saturated heterocycles. The number of rotatable bonds is 7. The van der Waals surface area contributed by atoms with Gasteiger partial charge in [-0.1, -0.05) is 0 Å². The monoisotopic (exact) mass is 370 g/mol. The minimum absolute atomic E-state index is 0.131. The Morgan fingerprint density at radius 2 is 2.05 bits per heavy atom. The average molecular weight is 371 g/mol. The molecule has 0 radical (unpaired) electrons. The lowest BCUT2D eigenvalue weighted by molar-refractivity contribution is -0.137. The van der Waals surface area contributed by atoms with Gasteiger partial charge in [-0.15, -0.1) is 11.3 Å². The molecule has 0 aliphatic carbocycles. The van der Waals surface area contributed by atoms with Crippen LogP contribution in [0.4, 0.5) is 0 Å². The Kier molecular flexibility index (Phi) is 5.93. The third-order valence-corrected chi connectivity index (χ3v) is 6.76. The fourth-order valence-electron chi connectivity index (χ4n) is 1.33. The third-order valence-electron chi connectivity index (χ3n) is 2.27. The number of likely N-dealkylation sites (N-methyl/N-ethyl adjacent to an activating group) is 1. The number of carboxylic acid groups (broad SMARTS) is 1. The van der Waals surface area contributed by atoms with Gasteiger partial charge >= 0.3 is 5.97 Å². The number of hydrogen-bond donors (Lipinski definition) is 1. The van der Waals surface area contributed by atoms with E-state index < -0.39 is 22.5 Å². The highest BCUT2D eigenvalue weighted by molar-refractivity contribution is 9.10. The second-order valence-corrected chi connectivity index (χ2v) is 8.00. The molecule has 108 valence electrons. The van der Waals surface area contributed by atoms with Crippen molar-refractivity contribution >= 4 is 43.3 Å². The van der Waals surface area contributed by atoms with Gasteiger partial charge in [0.1, 0.15) is 10.8 Å². The number of nitrogens with zero attached hydrogens (tertiary/aromatic N) is 2. The zero-order valence-electron chi connectivity index (χ0n) is 10.5. The molecular formula is C10H15BrN2O4S2. The van der Waals surface area contributed by atoms with E-state index in [0.29, 0.717) is 11.0 Å². The van der Waals surface area contributed by atoms with Gasteiger partial charge in [0.05, 0.1) is 0 Å². The van der Waals surface area contributed by atoms with Gasteiger partial charge < -0.3 is 10.0 Å². The maximum Gasteiger partial charge on any atom is 0.318 e. The van der Waals surface area contributed by atoms with Gasteiger partial charge in [0.15, 0.2) is 0 Å². The maximum atomic E-state index is 12.4. The van der Waals surface area contributed by atoms with E-state index >= 15 is 0 Å². The molecule has 0 unspecified atom stereocenters. The van der Waals surface area contributed by atoms with Crippen LogP contribution in [0, 0.1) is 0 Å². The van der Waals surface area contributed by atoms with Crippen molar-refractivity contribution in [2.75, 3.05) is 33.7 Å². The Balaban J connectivity index is 3.02. The summed E-state index contributed by atoms with van der Waals surface area (Å²) in [6.07, 6.45) is 0. The van der Waals surface area contributed by atoms with E-state index in [1.54, 1.807) is 30.4 Å². The van der Waals surface area contributed by atoms with Gasteiger partial charge in [-0.2, -0.15) is 4.31 Å². The summed E-state index contributed by atoms with van der Waals surface area (Å²) in [5, 5.41) is 10.5. The molecule has 6 nitrogen and oxygen atoms in total. The molecule has 0 spiro atoms. The van der Waals surface area contributed by atoms with Crippen molar-refractivity contribution in [3.05, 3.63) is 15.9 Å². The van der Waals surface area contributed by atoms with Crippen LogP contribution in [0.25, 0.3) is 0 Å². The molecule has 0 atom stereocenters. The molecular weight excluding hydrogens is 356 g/mol. The van der Waals surface area contributed by atoms with Crippen LogP contribution in [0.15, 0.2) is 20.1 Å². The predicted octanol–water partition coefficient (Wildman–Crippen LogP) is 1.15. The van der Waals surface area contributed by atoms with Crippen LogP contribution in [0.2, 0.25) is 0 Å². The number of carboxylic acids is 1. The van der Waals surface area contributed by atoms with Crippen LogP contribution in [0.1, 0.15) is 0 Å². The lowest BCUT2D eigenvalue weighted by Gasteiger charge is -2.21. The summed E-state index contributed by atoms with van der Waals surface area (Å²) in [4.78, 5) is 12.6. The largest absolute Gasteiger partial charge is 0.480 e. The molecule has 0 aromatic carbocycles. The Bertz CT molecular complexity index is 541. The normalized spacial score (nSPS) is 12.3. The Hall–Kier alpha value is -0.480. The first-order valence-corrected chi connectivity index (χ1v) is 8.46. The molecule has 0 fully saturated rings. The molecule has 0 aliphatic rings. The zero-order chi connectivity index (χ0) is 14.6. The second kappa shape index (κ2) is 6.80. The Morgan fingerprint density at radius 1 is 1.42 bits per heavy atom. The van der Waals surface area contributed by atoms with Crippen LogP contribution < -0.4 is 0 Å². The quantitative estimate of drug-likeness (QED) is 0.778. The zero-order valence-corrected chi connectivity index (χ0v) is 13.8. The smallest absolute Gasteiger partial charge is 0.318 e. The molecule has 1 aromatic heterocycles. The minimum atomic E-state index is -3.78. The van der Waals surface area contributed by atoms with Crippen molar-refractivity contribution in [2.24, 2.45) is 0 Å². The maximum absolute atomic E-state index is 12.4. The van der Waals surface area contributed by atoms with Gasteiger partial charge in [0.2, 0.25) is 0 Å². The summed E-state index contributed by atoms with van der Waals surface area (Å²) in [7, 11) is -0.185. The van der Waals surface area contributed by atoms with Gasteiger partial charge in [-0.3, -0.25) is 4.79 Å². The van der Waals surface area contributed by atoms with Crippen molar-refractivity contribution in [1.82, 2.24) is 9.21 Å².